The van der Waals surface area contributed by atoms with E-state index >= 15 is 0 Å². The molecular weight excluding hydrogens is 269 g/mol. The van der Waals surface area contributed by atoms with E-state index in [4.69, 9.17) is 16.3 Å². The molecule has 0 amide bonds. The highest BCUT2D eigenvalue weighted by atomic mass is 35.5. The predicted molar refractivity (Wildman–Crippen MR) is 72.8 cm³/mol. The van der Waals surface area contributed by atoms with Crippen molar-refractivity contribution in [2.24, 2.45) is 0 Å². The van der Waals surface area contributed by atoms with Crippen LogP contribution in [-0.4, -0.2) is 23.5 Å². The number of aromatic nitrogens is 2. The minimum atomic E-state index is -0.386. The zero-order valence-electron chi connectivity index (χ0n) is 10.6. The van der Waals surface area contributed by atoms with Crippen molar-refractivity contribution in [2.75, 3.05) is 19.0 Å². The Morgan fingerprint density at radius 2 is 2.32 bits per heavy atom. The monoisotopic (exact) mass is 283 g/mol. The number of rotatable bonds is 6. The summed E-state index contributed by atoms with van der Waals surface area (Å²) in [5, 5.41) is 7.40. The van der Waals surface area contributed by atoms with Crippen LogP contribution < -0.4 is 5.32 Å². The molecule has 2 aromatic rings. The lowest BCUT2D eigenvalue weighted by atomic mass is 10.2. The van der Waals surface area contributed by atoms with Gasteiger partial charge in [0.15, 0.2) is 0 Å². The maximum atomic E-state index is 13.7. The Labute approximate surface area is 116 Å². The number of nitrogens with zero attached hydrogens (tertiary/aromatic N) is 2. The molecule has 0 spiro atoms. The average molecular weight is 284 g/mol. The first-order valence-corrected chi connectivity index (χ1v) is 6.26. The molecule has 0 atom stereocenters. The molecule has 0 fully saturated rings. The summed E-state index contributed by atoms with van der Waals surface area (Å²) in [6, 6.07) is 4.96. The molecule has 4 nitrogen and oxygen atoms in total. The molecule has 19 heavy (non-hydrogen) atoms. The van der Waals surface area contributed by atoms with E-state index in [1.807, 2.05) is 6.20 Å². The summed E-state index contributed by atoms with van der Waals surface area (Å²) in [6.07, 6.45) is 3.54. The van der Waals surface area contributed by atoms with Gasteiger partial charge in [-0.2, -0.15) is 5.10 Å². The van der Waals surface area contributed by atoms with Crippen molar-refractivity contribution in [1.82, 2.24) is 9.78 Å². The zero-order valence-corrected chi connectivity index (χ0v) is 11.3. The van der Waals surface area contributed by atoms with Crippen LogP contribution in [0.15, 0.2) is 30.6 Å². The summed E-state index contributed by atoms with van der Waals surface area (Å²) >= 11 is 5.72. The van der Waals surface area contributed by atoms with Crippen LogP contribution in [0.4, 0.5) is 10.1 Å². The Hall–Kier alpha value is -1.59. The van der Waals surface area contributed by atoms with Crippen molar-refractivity contribution in [3.8, 4) is 0 Å². The molecule has 1 aromatic heterocycles. The van der Waals surface area contributed by atoms with Crippen molar-refractivity contribution in [3.63, 3.8) is 0 Å². The highest BCUT2D eigenvalue weighted by Crippen LogP contribution is 2.18. The lowest BCUT2D eigenvalue weighted by Gasteiger charge is -2.06. The maximum Gasteiger partial charge on any atom is 0.146 e. The van der Waals surface area contributed by atoms with Gasteiger partial charge in [0.1, 0.15) is 5.82 Å². The van der Waals surface area contributed by atoms with Crippen LogP contribution in [0.25, 0.3) is 0 Å². The second-order valence-corrected chi connectivity index (χ2v) is 4.46. The molecule has 1 N–H and O–H groups in total. The second kappa shape index (κ2) is 6.54. The third-order valence-corrected chi connectivity index (χ3v) is 2.96. The van der Waals surface area contributed by atoms with Crippen molar-refractivity contribution >= 4 is 17.3 Å². The Balaban J connectivity index is 1.95. The van der Waals surface area contributed by atoms with Crippen LogP contribution in [0.1, 0.15) is 5.56 Å². The van der Waals surface area contributed by atoms with Gasteiger partial charge in [0, 0.05) is 25.4 Å². The van der Waals surface area contributed by atoms with Gasteiger partial charge in [0.2, 0.25) is 0 Å². The van der Waals surface area contributed by atoms with Gasteiger partial charge in [-0.3, -0.25) is 4.68 Å². The van der Waals surface area contributed by atoms with Gasteiger partial charge in [-0.1, -0.05) is 23.7 Å². The SMILES string of the molecule is COCCn1cc(NCc2cccc(Cl)c2F)cn1. The van der Waals surface area contributed by atoms with E-state index in [0.717, 1.165) is 5.69 Å². The van der Waals surface area contributed by atoms with E-state index < -0.39 is 0 Å². The third kappa shape index (κ3) is 3.68. The normalized spacial score (nSPS) is 10.7. The maximum absolute atomic E-state index is 13.7. The van der Waals surface area contributed by atoms with Crippen LogP contribution in [0, 0.1) is 5.82 Å². The quantitative estimate of drug-likeness (QED) is 0.886. The van der Waals surface area contributed by atoms with Gasteiger partial charge >= 0.3 is 0 Å². The first kappa shape index (κ1) is 13.8. The van der Waals surface area contributed by atoms with Gasteiger partial charge in [-0.15, -0.1) is 0 Å². The number of halogens is 2. The van der Waals surface area contributed by atoms with E-state index in [-0.39, 0.29) is 10.8 Å². The standard InChI is InChI=1S/C13H15ClFN3O/c1-19-6-5-18-9-11(8-17-18)16-7-10-3-2-4-12(14)13(10)15/h2-4,8-9,16H,5-7H2,1H3. The molecule has 0 saturated heterocycles. The molecule has 0 aliphatic rings. The molecule has 0 bridgehead atoms. The van der Waals surface area contributed by atoms with Gasteiger partial charge in [0.05, 0.1) is 30.1 Å². The van der Waals surface area contributed by atoms with E-state index in [1.54, 1.807) is 30.1 Å². The Kier molecular flexibility index (Phi) is 4.76. The van der Waals surface area contributed by atoms with Crippen molar-refractivity contribution in [3.05, 3.63) is 47.0 Å². The van der Waals surface area contributed by atoms with Crippen molar-refractivity contribution < 1.29 is 9.13 Å². The first-order valence-electron chi connectivity index (χ1n) is 5.89. The van der Waals surface area contributed by atoms with Crippen LogP contribution in [0.5, 0.6) is 0 Å². The van der Waals surface area contributed by atoms with Gasteiger partial charge in [-0.25, -0.2) is 4.39 Å². The second-order valence-electron chi connectivity index (χ2n) is 4.05. The van der Waals surface area contributed by atoms with E-state index in [9.17, 15) is 4.39 Å². The minimum Gasteiger partial charge on any atom is -0.383 e. The topological polar surface area (TPSA) is 39.1 Å². The minimum absolute atomic E-state index is 0.134. The molecule has 0 aliphatic heterocycles. The molecule has 0 saturated carbocycles. The molecule has 6 heteroatoms. The number of hydrogen-bond acceptors (Lipinski definition) is 3. The fourth-order valence-electron chi connectivity index (χ4n) is 1.64. The molecule has 0 unspecified atom stereocenters. The van der Waals surface area contributed by atoms with Crippen LogP contribution in [-0.2, 0) is 17.8 Å². The largest absolute Gasteiger partial charge is 0.383 e. The van der Waals surface area contributed by atoms with Gasteiger partial charge in [-0.05, 0) is 6.07 Å². The molecule has 102 valence electrons. The summed E-state index contributed by atoms with van der Waals surface area (Å²) in [6.45, 7) is 1.65. The van der Waals surface area contributed by atoms with Crippen LogP contribution >= 0.6 is 11.6 Å². The van der Waals surface area contributed by atoms with E-state index in [1.165, 1.54) is 6.07 Å². The highest BCUT2D eigenvalue weighted by molar-refractivity contribution is 6.30. The number of nitrogens with one attached hydrogen (secondary N) is 1. The van der Waals surface area contributed by atoms with E-state index in [0.29, 0.717) is 25.3 Å². The molecule has 2 rings (SSSR count). The van der Waals surface area contributed by atoms with Crippen LogP contribution in [0.3, 0.4) is 0 Å². The lowest BCUT2D eigenvalue weighted by Crippen LogP contribution is -2.04. The third-order valence-electron chi connectivity index (χ3n) is 2.67. The van der Waals surface area contributed by atoms with Crippen molar-refractivity contribution in [1.29, 1.82) is 0 Å². The fraction of sp³-hybridized carbons (Fsp3) is 0.308. The van der Waals surface area contributed by atoms with Gasteiger partial charge in [0.25, 0.3) is 0 Å². The lowest BCUT2D eigenvalue weighted by molar-refractivity contribution is 0.183. The smallest absolute Gasteiger partial charge is 0.146 e. The van der Waals surface area contributed by atoms with E-state index in [2.05, 4.69) is 10.4 Å². The highest BCUT2D eigenvalue weighted by Gasteiger charge is 2.06. The Morgan fingerprint density at radius 3 is 3.11 bits per heavy atom. The summed E-state index contributed by atoms with van der Waals surface area (Å²) in [7, 11) is 1.64. The fourth-order valence-corrected chi connectivity index (χ4v) is 1.84. The number of methoxy groups -OCH3 is 1. The molecule has 0 aliphatic carbocycles. The molecule has 0 radical (unpaired) electrons. The number of ether oxygens (including phenoxy) is 1. The average Bonchev–Trinajstić information content (AvgIpc) is 2.86. The molecular formula is C13H15ClFN3O. The van der Waals surface area contributed by atoms with Crippen molar-refractivity contribution in [2.45, 2.75) is 13.1 Å². The number of benzene rings is 1. The van der Waals surface area contributed by atoms with Gasteiger partial charge < -0.3 is 10.1 Å². The summed E-state index contributed by atoms with van der Waals surface area (Å²) in [5.41, 5.74) is 1.35. The summed E-state index contributed by atoms with van der Waals surface area (Å²) < 4.78 is 20.4. The van der Waals surface area contributed by atoms with Crippen LogP contribution in [0.2, 0.25) is 5.02 Å². The summed E-state index contributed by atoms with van der Waals surface area (Å²) in [4.78, 5) is 0. The first-order chi connectivity index (χ1) is 9.20. The Morgan fingerprint density at radius 1 is 1.47 bits per heavy atom. The Bertz CT molecular complexity index is 544. The zero-order chi connectivity index (χ0) is 13.7. The molecule has 1 heterocycles. The number of hydrogen-bond donors (Lipinski definition) is 1. The summed E-state index contributed by atoms with van der Waals surface area (Å²) in [5.74, 6) is -0.386. The number of anilines is 1. The molecule has 1 aromatic carbocycles. The predicted octanol–water partition coefficient (Wildman–Crippen LogP) is 2.93.